The lowest BCUT2D eigenvalue weighted by Gasteiger charge is -2.55. The molecule has 0 radical (unpaired) electrons. The van der Waals surface area contributed by atoms with Gasteiger partial charge in [-0.25, -0.2) is 0 Å². The van der Waals surface area contributed by atoms with Gasteiger partial charge in [-0.15, -0.1) is 0 Å². The molecule has 1 N–H and O–H groups in total. The topological polar surface area (TPSA) is 49.8 Å². The average Bonchev–Trinajstić information content (AvgIpc) is 3.54. The number of rotatable bonds is 7. The summed E-state index contributed by atoms with van der Waals surface area (Å²) in [6.45, 7) is 9.36. The molecule has 3 aliphatic rings. The Bertz CT molecular complexity index is 1020. The molecule has 4 nitrogen and oxygen atoms in total. The van der Waals surface area contributed by atoms with Gasteiger partial charge in [0.1, 0.15) is 5.75 Å². The molecule has 1 heterocycles. The number of likely N-dealkylation sites (tertiary alicyclic amines) is 1. The van der Waals surface area contributed by atoms with E-state index >= 15 is 0 Å². The first kappa shape index (κ1) is 22.5. The number of hydrogen-bond acceptors (Lipinski definition) is 4. The summed E-state index contributed by atoms with van der Waals surface area (Å²) < 4.78 is 5.78. The summed E-state index contributed by atoms with van der Waals surface area (Å²) in [6.07, 6.45) is 4.91. The number of fused-ring (bicyclic) bond motifs is 4. The molecule has 1 saturated heterocycles. The van der Waals surface area contributed by atoms with Gasteiger partial charge in [0.05, 0.1) is 12.0 Å². The fraction of sp³-hybridized carbons (Fsp3) is 0.552. The second-order valence-corrected chi connectivity index (χ2v) is 10.8. The van der Waals surface area contributed by atoms with Crippen LogP contribution in [0.25, 0.3) is 0 Å². The van der Waals surface area contributed by atoms with Gasteiger partial charge in [0, 0.05) is 12.6 Å². The number of carbonyl (C=O) groups is 1. The van der Waals surface area contributed by atoms with Gasteiger partial charge in [-0.2, -0.15) is 0 Å². The van der Waals surface area contributed by atoms with E-state index in [0.29, 0.717) is 30.2 Å². The Kier molecular flexibility index (Phi) is 5.76. The molecular weight excluding hydrogens is 410 g/mol. The largest absolute Gasteiger partial charge is 0.508 e. The minimum atomic E-state index is -0.489. The van der Waals surface area contributed by atoms with Crippen LogP contribution in [-0.4, -0.2) is 41.7 Å². The van der Waals surface area contributed by atoms with Crippen LogP contribution in [0.1, 0.15) is 63.1 Å². The molecule has 1 unspecified atom stereocenters. The Hall–Kier alpha value is -2.33. The van der Waals surface area contributed by atoms with Crippen LogP contribution in [0.3, 0.4) is 0 Å². The molecule has 2 bridgehead atoms. The van der Waals surface area contributed by atoms with Crippen LogP contribution >= 0.6 is 0 Å². The highest BCUT2D eigenvalue weighted by Crippen LogP contribution is 2.57. The number of esters is 1. The summed E-state index contributed by atoms with van der Waals surface area (Å²) in [7, 11) is 0. The van der Waals surface area contributed by atoms with Crippen molar-refractivity contribution in [2.24, 2.45) is 11.8 Å². The van der Waals surface area contributed by atoms with E-state index in [0.717, 1.165) is 50.8 Å². The number of aromatic hydroxyl groups is 1. The Balaban J connectivity index is 1.37. The maximum absolute atomic E-state index is 13.3. The van der Waals surface area contributed by atoms with Gasteiger partial charge < -0.3 is 9.84 Å². The third-order valence-electron chi connectivity index (χ3n) is 9.05. The van der Waals surface area contributed by atoms with E-state index in [-0.39, 0.29) is 11.4 Å². The van der Waals surface area contributed by atoms with E-state index in [1.807, 2.05) is 30.3 Å². The van der Waals surface area contributed by atoms with E-state index < -0.39 is 5.41 Å². The van der Waals surface area contributed by atoms with Crippen molar-refractivity contribution in [3.63, 3.8) is 0 Å². The molecular formula is C29H37NO3. The first-order chi connectivity index (χ1) is 15.9. The van der Waals surface area contributed by atoms with E-state index in [2.05, 4.69) is 43.9 Å². The molecule has 2 fully saturated rings. The molecule has 0 aromatic heterocycles. The molecule has 4 heteroatoms. The van der Waals surface area contributed by atoms with Crippen molar-refractivity contribution >= 4 is 5.97 Å². The summed E-state index contributed by atoms with van der Waals surface area (Å²) in [4.78, 5) is 16.0. The minimum absolute atomic E-state index is 0.0356. The van der Waals surface area contributed by atoms with Crippen LogP contribution in [-0.2, 0) is 26.8 Å². The molecule has 0 spiro atoms. The second kappa shape index (κ2) is 8.47. The van der Waals surface area contributed by atoms with Gasteiger partial charge in [-0.3, -0.25) is 9.69 Å². The molecule has 5 rings (SSSR count). The third kappa shape index (κ3) is 3.67. The summed E-state index contributed by atoms with van der Waals surface area (Å²) in [6, 6.07) is 16.7. The predicted molar refractivity (Wildman–Crippen MR) is 130 cm³/mol. The Labute approximate surface area is 198 Å². The standard InChI is InChI=1S/C29H37NO3/c1-4-5-15-33-27(32)29(22-9-7-6-8-10-22)18-23(29)19-30-14-13-28(3)20(2)26(30)16-21-11-12-24(31)17-25(21)28/h6-12,17,20,23,26,31H,4-5,13-16,18-19H2,1-3H3/t20?,23-,26+,28+,29+/m1/s1. The number of phenolic OH excluding ortho intramolecular Hbond substituents is 1. The van der Waals surface area contributed by atoms with Crippen molar-refractivity contribution in [2.75, 3.05) is 19.7 Å². The van der Waals surface area contributed by atoms with Crippen LogP contribution in [0.15, 0.2) is 48.5 Å². The Morgan fingerprint density at radius 3 is 2.76 bits per heavy atom. The third-order valence-corrected chi connectivity index (χ3v) is 9.05. The van der Waals surface area contributed by atoms with Crippen molar-refractivity contribution in [1.29, 1.82) is 0 Å². The lowest BCUT2D eigenvalue weighted by molar-refractivity contribution is -0.147. The molecule has 33 heavy (non-hydrogen) atoms. The van der Waals surface area contributed by atoms with Gasteiger partial charge in [0.15, 0.2) is 0 Å². The quantitative estimate of drug-likeness (QED) is 0.467. The fourth-order valence-electron chi connectivity index (χ4n) is 6.65. The van der Waals surface area contributed by atoms with Crippen molar-refractivity contribution in [3.8, 4) is 5.75 Å². The van der Waals surface area contributed by atoms with Gasteiger partial charge in [0.2, 0.25) is 0 Å². The monoisotopic (exact) mass is 447 g/mol. The number of benzene rings is 2. The van der Waals surface area contributed by atoms with Crippen molar-refractivity contribution in [1.82, 2.24) is 4.90 Å². The first-order valence-electron chi connectivity index (χ1n) is 12.7. The second-order valence-electron chi connectivity index (χ2n) is 10.8. The predicted octanol–water partition coefficient (Wildman–Crippen LogP) is 5.22. The molecule has 0 amide bonds. The lowest BCUT2D eigenvalue weighted by atomic mass is 9.59. The number of hydrogen-bond donors (Lipinski definition) is 1. The van der Waals surface area contributed by atoms with Crippen molar-refractivity contribution < 1.29 is 14.6 Å². The number of piperidine rings is 1. The number of nitrogens with zero attached hydrogens (tertiary/aromatic N) is 1. The van der Waals surface area contributed by atoms with E-state index in [1.54, 1.807) is 0 Å². The van der Waals surface area contributed by atoms with Crippen LogP contribution in [0, 0.1) is 11.8 Å². The molecule has 1 aliphatic heterocycles. The highest BCUT2D eigenvalue weighted by atomic mass is 16.5. The maximum Gasteiger partial charge on any atom is 0.316 e. The summed E-state index contributed by atoms with van der Waals surface area (Å²) in [5, 5.41) is 10.1. The van der Waals surface area contributed by atoms with E-state index in [4.69, 9.17) is 4.74 Å². The SMILES string of the molecule is CCCCOC(=O)[C@]1(c2ccccc2)C[C@@H]1CN1CC[C@]2(C)c3cc(O)ccc3C[C@H]1C2C. The van der Waals surface area contributed by atoms with Gasteiger partial charge in [0.25, 0.3) is 0 Å². The molecule has 2 aromatic carbocycles. The number of phenols is 1. The van der Waals surface area contributed by atoms with Crippen LogP contribution < -0.4 is 0 Å². The molecule has 5 atom stereocenters. The Morgan fingerprint density at radius 2 is 2.00 bits per heavy atom. The number of unbranched alkanes of at least 4 members (excludes halogenated alkanes) is 1. The fourth-order valence-corrected chi connectivity index (χ4v) is 6.65. The Morgan fingerprint density at radius 1 is 1.21 bits per heavy atom. The van der Waals surface area contributed by atoms with Crippen LogP contribution in [0.2, 0.25) is 0 Å². The van der Waals surface area contributed by atoms with Gasteiger partial charge in [-0.05, 0) is 78.3 Å². The van der Waals surface area contributed by atoms with Gasteiger partial charge in [-0.1, -0.05) is 63.6 Å². The minimum Gasteiger partial charge on any atom is -0.508 e. The zero-order valence-corrected chi connectivity index (χ0v) is 20.2. The van der Waals surface area contributed by atoms with E-state index in [1.165, 1.54) is 11.1 Å². The molecule has 176 valence electrons. The highest BCUT2D eigenvalue weighted by Gasteiger charge is 2.63. The summed E-state index contributed by atoms with van der Waals surface area (Å²) in [5.74, 6) is 1.13. The zero-order chi connectivity index (χ0) is 23.2. The maximum atomic E-state index is 13.3. The number of carbonyl (C=O) groups excluding carboxylic acids is 1. The van der Waals surface area contributed by atoms with Crippen molar-refractivity contribution in [3.05, 3.63) is 65.2 Å². The summed E-state index contributed by atoms with van der Waals surface area (Å²) >= 11 is 0. The first-order valence-corrected chi connectivity index (χ1v) is 12.7. The van der Waals surface area contributed by atoms with Gasteiger partial charge >= 0.3 is 5.97 Å². The molecule has 2 aliphatic carbocycles. The van der Waals surface area contributed by atoms with Crippen LogP contribution in [0.4, 0.5) is 0 Å². The highest BCUT2D eigenvalue weighted by molar-refractivity contribution is 5.87. The smallest absolute Gasteiger partial charge is 0.316 e. The van der Waals surface area contributed by atoms with Crippen LogP contribution in [0.5, 0.6) is 5.75 Å². The lowest BCUT2D eigenvalue weighted by Crippen LogP contribution is -2.58. The molecule has 2 aromatic rings. The molecule has 1 saturated carbocycles. The number of ether oxygens (including phenoxy) is 1. The summed E-state index contributed by atoms with van der Waals surface area (Å²) in [5.41, 5.74) is 3.41. The van der Waals surface area contributed by atoms with E-state index in [9.17, 15) is 9.90 Å². The normalized spacial score (nSPS) is 32.8. The zero-order valence-electron chi connectivity index (χ0n) is 20.2. The average molecular weight is 448 g/mol. The van der Waals surface area contributed by atoms with Crippen molar-refractivity contribution in [2.45, 2.75) is 69.7 Å².